The van der Waals surface area contributed by atoms with Gasteiger partial charge in [0, 0.05) is 13.1 Å². The second-order valence-electron chi connectivity index (χ2n) is 5.03. The van der Waals surface area contributed by atoms with Crippen LogP contribution in [0.3, 0.4) is 0 Å². The van der Waals surface area contributed by atoms with Gasteiger partial charge in [-0.3, -0.25) is 9.59 Å². The molecule has 0 aromatic heterocycles. The number of rotatable bonds is 9. The molecule has 0 aromatic carbocycles. The highest BCUT2D eigenvalue weighted by atomic mass is 16.4. The number of hydrogen-bond acceptors (Lipinski definition) is 4. The molecule has 0 aromatic rings. The normalized spacial score (nSPS) is 14.8. The molecule has 0 saturated carbocycles. The van der Waals surface area contributed by atoms with E-state index < -0.39 is 24.0 Å². The lowest BCUT2D eigenvalue weighted by Crippen LogP contribution is -2.47. The zero-order valence-electron chi connectivity index (χ0n) is 11.4. The van der Waals surface area contributed by atoms with Crippen LogP contribution in [0, 0.1) is 11.8 Å². The molecule has 0 saturated heterocycles. The van der Waals surface area contributed by atoms with Gasteiger partial charge in [-0.15, -0.1) is 0 Å². The molecule has 106 valence electrons. The average molecular weight is 260 g/mol. The first-order valence-electron chi connectivity index (χ1n) is 6.19. The molecule has 0 fully saturated rings. The number of carboxylic acid groups (broad SMARTS) is 2. The molecule has 0 spiro atoms. The fourth-order valence-corrected chi connectivity index (χ4v) is 1.67. The summed E-state index contributed by atoms with van der Waals surface area (Å²) in [5, 5.41) is 23.7. The maximum absolute atomic E-state index is 10.9. The van der Waals surface area contributed by atoms with Crippen LogP contribution in [0.4, 0.5) is 0 Å². The van der Waals surface area contributed by atoms with Gasteiger partial charge < -0.3 is 20.8 Å². The molecule has 0 aliphatic rings. The van der Waals surface area contributed by atoms with Gasteiger partial charge in [-0.05, 0) is 11.8 Å². The van der Waals surface area contributed by atoms with Crippen LogP contribution in [0.5, 0.6) is 0 Å². The average Bonchev–Trinajstić information content (AvgIpc) is 2.20. The van der Waals surface area contributed by atoms with Gasteiger partial charge in [0.25, 0.3) is 0 Å². The smallest absolute Gasteiger partial charge is 0.320 e. The Morgan fingerprint density at radius 2 is 1.11 bits per heavy atom. The topological polar surface area (TPSA) is 98.7 Å². The number of carbonyl (C=O) groups is 2. The van der Waals surface area contributed by atoms with Crippen molar-refractivity contribution in [1.29, 1.82) is 0 Å². The molecule has 0 amide bonds. The number of carboxylic acids is 2. The quantitative estimate of drug-likeness (QED) is 0.447. The van der Waals surface area contributed by atoms with Gasteiger partial charge in [0.1, 0.15) is 12.1 Å². The largest absolute Gasteiger partial charge is 0.480 e. The Kier molecular flexibility index (Phi) is 7.54. The van der Waals surface area contributed by atoms with Gasteiger partial charge in [0.15, 0.2) is 0 Å². The first-order chi connectivity index (χ1) is 8.27. The third-order valence-electron chi connectivity index (χ3n) is 2.72. The molecule has 4 N–H and O–H groups in total. The standard InChI is InChI=1S/C12H24N2O4/c1-7(2)9(11(15)16)13-5-6-14-10(8(3)4)12(17)18/h7-10,13-14H,5-6H2,1-4H3,(H,15,16)(H,17,18)/t9-,10?/m0/s1. The fraction of sp³-hybridized carbons (Fsp3) is 0.833. The Bertz CT molecular complexity index is 251. The Morgan fingerprint density at radius 3 is 1.28 bits per heavy atom. The molecule has 2 atom stereocenters. The van der Waals surface area contributed by atoms with Gasteiger partial charge in [-0.25, -0.2) is 0 Å². The van der Waals surface area contributed by atoms with Crippen molar-refractivity contribution in [2.24, 2.45) is 11.8 Å². The molecular formula is C12H24N2O4. The minimum atomic E-state index is -0.886. The SMILES string of the molecule is CC(C)C(NCCN[C@H](C(=O)O)C(C)C)C(=O)O. The molecule has 0 aliphatic heterocycles. The summed E-state index contributed by atoms with van der Waals surface area (Å²) in [6.45, 7) is 8.15. The number of nitrogens with one attached hydrogen (secondary N) is 2. The van der Waals surface area contributed by atoms with Crippen molar-refractivity contribution in [2.75, 3.05) is 13.1 Å². The highest BCUT2D eigenvalue weighted by molar-refractivity contribution is 5.74. The second kappa shape index (κ2) is 8.05. The van der Waals surface area contributed by atoms with Crippen molar-refractivity contribution in [3.63, 3.8) is 0 Å². The Balaban J connectivity index is 4.04. The number of aliphatic carboxylic acids is 2. The van der Waals surface area contributed by atoms with Crippen LogP contribution in [0.15, 0.2) is 0 Å². The van der Waals surface area contributed by atoms with Crippen LogP contribution in [0.1, 0.15) is 27.7 Å². The summed E-state index contributed by atoms with van der Waals surface area (Å²) < 4.78 is 0. The summed E-state index contributed by atoms with van der Waals surface area (Å²) in [7, 11) is 0. The molecular weight excluding hydrogens is 236 g/mol. The Morgan fingerprint density at radius 1 is 0.833 bits per heavy atom. The lowest BCUT2D eigenvalue weighted by atomic mass is 10.0. The van der Waals surface area contributed by atoms with Gasteiger partial charge in [-0.2, -0.15) is 0 Å². The Hall–Kier alpha value is -1.14. The maximum Gasteiger partial charge on any atom is 0.320 e. The van der Waals surface area contributed by atoms with E-state index >= 15 is 0 Å². The van der Waals surface area contributed by atoms with E-state index in [1.165, 1.54) is 0 Å². The predicted molar refractivity (Wildman–Crippen MR) is 68.5 cm³/mol. The van der Waals surface area contributed by atoms with Gasteiger partial charge in [0.05, 0.1) is 0 Å². The maximum atomic E-state index is 10.9. The van der Waals surface area contributed by atoms with E-state index in [2.05, 4.69) is 10.6 Å². The first-order valence-corrected chi connectivity index (χ1v) is 6.19. The van der Waals surface area contributed by atoms with E-state index in [9.17, 15) is 9.59 Å². The number of hydrogen-bond donors (Lipinski definition) is 4. The van der Waals surface area contributed by atoms with Crippen LogP contribution in [-0.4, -0.2) is 47.3 Å². The summed E-state index contributed by atoms with van der Waals surface area (Å²) in [6, 6.07) is -1.21. The molecule has 0 rings (SSSR count). The van der Waals surface area contributed by atoms with Crippen molar-refractivity contribution in [3.8, 4) is 0 Å². The van der Waals surface area contributed by atoms with E-state index in [1.54, 1.807) is 0 Å². The van der Waals surface area contributed by atoms with E-state index in [4.69, 9.17) is 10.2 Å². The minimum absolute atomic E-state index is 0.0112. The predicted octanol–water partition coefficient (Wildman–Crippen LogP) is 0.384. The van der Waals surface area contributed by atoms with E-state index in [-0.39, 0.29) is 11.8 Å². The minimum Gasteiger partial charge on any atom is -0.480 e. The van der Waals surface area contributed by atoms with Gasteiger partial charge in [-0.1, -0.05) is 27.7 Å². The van der Waals surface area contributed by atoms with Gasteiger partial charge >= 0.3 is 11.9 Å². The van der Waals surface area contributed by atoms with E-state index in [0.717, 1.165) is 0 Å². The molecule has 0 aliphatic carbocycles. The van der Waals surface area contributed by atoms with Gasteiger partial charge in [0.2, 0.25) is 0 Å². The molecule has 6 heteroatoms. The molecule has 0 radical (unpaired) electrons. The second-order valence-corrected chi connectivity index (χ2v) is 5.03. The monoisotopic (exact) mass is 260 g/mol. The summed E-state index contributed by atoms with van der Waals surface area (Å²) in [5.74, 6) is -1.79. The van der Waals surface area contributed by atoms with E-state index in [0.29, 0.717) is 13.1 Å². The summed E-state index contributed by atoms with van der Waals surface area (Å²) >= 11 is 0. The van der Waals surface area contributed by atoms with E-state index in [1.807, 2.05) is 27.7 Å². The lowest BCUT2D eigenvalue weighted by Gasteiger charge is -2.21. The first kappa shape index (κ1) is 16.9. The van der Waals surface area contributed by atoms with Crippen LogP contribution in [0.25, 0.3) is 0 Å². The fourth-order valence-electron chi connectivity index (χ4n) is 1.67. The lowest BCUT2D eigenvalue weighted by molar-refractivity contribution is -0.142. The highest BCUT2D eigenvalue weighted by Crippen LogP contribution is 2.02. The summed E-state index contributed by atoms with van der Waals surface area (Å²) in [6.07, 6.45) is 0. The zero-order chi connectivity index (χ0) is 14.3. The van der Waals surface area contributed by atoms with Crippen molar-refractivity contribution < 1.29 is 19.8 Å². The van der Waals surface area contributed by atoms with Crippen LogP contribution in [0.2, 0.25) is 0 Å². The summed E-state index contributed by atoms with van der Waals surface area (Å²) in [5.41, 5.74) is 0. The third-order valence-corrected chi connectivity index (χ3v) is 2.72. The third kappa shape index (κ3) is 5.97. The Labute approximate surface area is 108 Å². The molecule has 1 unspecified atom stereocenters. The summed E-state index contributed by atoms with van der Waals surface area (Å²) in [4.78, 5) is 21.8. The van der Waals surface area contributed by atoms with Crippen molar-refractivity contribution in [3.05, 3.63) is 0 Å². The highest BCUT2D eigenvalue weighted by Gasteiger charge is 2.22. The zero-order valence-corrected chi connectivity index (χ0v) is 11.4. The molecule has 0 heterocycles. The van der Waals surface area contributed by atoms with Crippen molar-refractivity contribution >= 4 is 11.9 Å². The van der Waals surface area contributed by atoms with Crippen LogP contribution < -0.4 is 10.6 Å². The molecule has 0 bridgehead atoms. The van der Waals surface area contributed by atoms with Crippen molar-refractivity contribution in [2.45, 2.75) is 39.8 Å². The van der Waals surface area contributed by atoms with Crippen LogP contribution >= 0.6 is 0 Å². The van der Waals surface area contributed by atoms with Crippen molar-refractivity contribution in [1.82, 2.24) is 10.6 Å². The molecule has 18 heavy (non-hydrogen) atoms. The van der Waals surface area contributed by atoms with Crippen LogP contribution in [-0.2, 0) is 9.59 Å². The molecule has 6 nitrogen and oxygen atoms in total.